The maximum atomic E-state index is 10.9. The molecule has 1 aromatic rings. The zero-order valence-corrected chi connectivity index (χ0v) is 10.1. The minimum Gasteiger partial charge on any atom is -0.466 e. The molecule has 0 bridgehead atoms. The van der Waals surface area contributed by atoms with Crippen LogP contribution in [0, 0.1) is 0 Å². The predicted octanol–water partition coefficient (Wildman–Crippen LogP) is 2.36. The Morgan fingerprint density at radius 1 is 1.44 bits per heavy atom. The monoisotopic (exact) mass is 284 g/mol. The van der Waals surface area contributed by atoms with E-state index in [1.807, 2.05) is 0 Å². The van der Waals surface area contributed by atoms with Crippen molar-refractivity contribution in [3.63, 3.8) is 0 Å². The zero-order chi connectivity index (χ0) is 11.5. The van der Waals surface area contributed by atoms with Crippen LogP contribution < -0.4 is 9.47 Å². The highest BCUT2D eigenvalue weighted by Gasteiger charge is 2.15. The SMILES string of the molecule is COC(=O)/C=C/c1cc2c(cc1Br)OCO2. The van der Waals surface area contributed by atoms with Gasteiger partial charge in [0.1, 0.15) is 0 Å². The lowest BCUT2D eigenvalue weighted by atomic mass is 10.2. The molecule has 0 radical (unpaired) electrons. The molecular weight excluding hydrogens is 276 g/mol. The summed E-state index contributed by atoms with van der Waals surface area (Å²) in [5.74, 6) is 0.972. The summed E-state index contributed by atoms with van der Waals surface area (Å²) in [6.07, 6.45) is 3.00. The molecule has 0 unspecified atom stereocenters. The van der Waals surface area contributed by atoms with Crippen LogP contribution in [0.2, 0.25) is 0 Å². The number of carbonyl (C=O) groups is 1. The first kappa shape index (κ1) is 11.0. The average Bonchev–Trinajstić information content (AvgIpc) is 2.72. The lowest BCUT2D eigenvalue weighted by Crippen LogP contribution is -1.93. The summed E-state index contributed by atoms with van der Waals surface area (Å²) in [6.45, 7) is 0.228. The van der Waals surface area contributed by atoms with Gasteiger partial charge in [-0.3, -0.25) is 0 Å². The molecule has 84 valence electrons. The number of halogens is 1. The molecule has 2 rings (SSSR count). The molecule has 0 saturated carbocycles. The second-order valence-electron chi connectivity index (χ2n) is 3.08. The van der Waals surface area contributed by atoms with Crippen LogP contribution in [0.3, 0.4) is 0 Å². The number of methoxy groups -OCH3 is 1. The Hall–Kier alpha value is -1.49. The molecule has 0 spiro atoms. The molecule has 0 saturated heterocycles. The van der Waals surface area contributed by atoms with Gasteiger partial charge in [-0.05, 0) is 23.8 Å². The molecule has 0 aliphatic carbocycles. The topological polar surface area (TPSA) is 44.8 Å². The molecule has 0 atom stereocenters. The minimum atomic E-state index is -0.399. The molecule has 1 aliphatic heterocycles. The van der Waals surface area contributed by atoms with Crippen molar-refractivity contribution in [2.45, 2.75) is 0 Å². The number of fused-ring (bicyclic) bond motifs is 1. The smallest absolute Gasteiger partial charge is 0.330 e. The lowest BCUT2D eigenvalue weighted by Gasteiger charge is -2.01. The number of carbonyl (C=O) groups excluding carboxylic acids is 1. The van der Waals surface area contributed by atoms with Crippen molar-refractivity contribution in [3.05, 3.63) is 28.2 Å². The third-order valence-corrected chi connectivity index (χ3v) is 2.78. The van der Waals surface area contributed by atoms with E-state index in [0.29, 0.717) is 11.5 Å². The minimum absolute atomic E-state index is 0.228. The van der Waals surface area contributed by atoms with Crippen molar-refractivity contribution in [2.75, 3.05) is 13.9 Å². The Bertz CT molecular complexity index is 454. The maximum absolute atomic E-state index is 10.9. The first-order valence-electron chi connectivity index (χ1n) is 4.56. The number of esters is 1. The quantitative estimate of drug-likeness (QED) is 0.618. The highest BCUT2D eigenvalue weighted by molar-refractivity contribution is 9.10. The van der Waals surface area contributed by atoms with Gasteiger partial charge in [-0.15, -0.1) is 0 Å². The van der Waals surface area contributed by atoms with E-state index in [1.165, 1.54) is 13.2 Å². The molecule has 16 heavy (non-hydrogen) atoms. The number of hydrogen-bond donors (Lipinski definition) is 0. The van der Waals surface area contributed by atoms with Crippen molar-refractivity contribution in [3.8, 4) is 11.5 Å². The largest absolute Gasteiger partial charge is 0.466 e. The summed E-state index contributed by atoms with van der Waals surface area (Å²) in [5.41, 5.74) is 0.828. The van der Waals surface area contributed by atoms with E-state index in [4.69, 9.17) is 9.47 Å². The van der Waals surface area contributed by atoms with E-state index in [9.17, 15) is 4.79 Å². The Kier molecular flexibility index (Phi) is 3.14. The summed E-state index contributed by atoms with van der Waals surface area (Å²) >= 11 is 3.38. The van der Waals surface area contributed by atoms with Crippen LogP contribution in [0.1, 0.15) is 5.56 Å². The molecule has 1 aliphatic rings. The number of ether oxygens (including phenoxy) is 3. The zero-order valence-electron chi connectivity index (χ0n) is 8.53. The Balaban J connectivity index is 2.28. The fraction of sp³-hybridized carbons (Fsp3) is 0.182. The van der Waals surface area contributed by atoms with Gasteiger partial charge in [0.15, 0.2) is 11.5 Å². The number of hydrogen-bond acceptors (Lipinski definition) is 4. The van der Waals surface area contributed by atoms with Gasteiger partial charge >= 0.3 is 5.97 Å². The fourth-order valence-corrected chi connectivity index (χ4v) is 1.74. The van der Waals surface area contributed by atoms with E-state index in [2.05, 4.69) is 20.7 Å². The van der Waals surface area contributed by atoms with Crippen molar-refractivity contribution in [2.24, 2.45) is 0 Å². The van der Waals surface area contributed by atoms with Crippen LogP contribution in [0.25, 0.3) is 6.08 Å². The van der Waals surface area contributed by atoms with Gasteiger partial charge in [-0.2, -0.15) is 0 Å². The summed E-state index contributed by atoms with van der Waals surface area (Å²) in [4.78, 5) is 10.9. The number of benzene rings is 1. The van der Waals surface area contributed by atoms with Crippen molar-refractivity contribution < 1.29 is 19.0 Å². The van der Waals surface area contributed by atoms with E-state index < -0.39 is 5.97 Å². The standard InChI is InChI=1S/C11H9BrO4/c1-14-11(13)3-2-7-4-9-10(5-8(7)12)16-6-15-9/h2-5H,6H2,1H3/b3-2+. The van der Waals surface area contributed by atoms with E-state index >= 15 is 0 Å². The molecule has 4 nitrogen and oxygen atoms in total. The van der Waals surface area contributed by atoms with Gasteiger partial charge in [-0.1, -0.05) is 15.9 Å². The van der Waals surface area contributed by atoms with Crippen LogP contribution in [-0.4, -0.2) is 19.9 Å². The van der Waals surface area contributed by atoms with Crippen LogP contribution in [-0.2, 0) is 9.53 Å². The molecule has 0 aromatic heterocycles. The normalized spacial score (nSPS) is 13.1. The van der Waals surface area contributed by atoms with E-state index in [0.717, 1.165) is 10.0 Å². The summed E-state index contributed by atoms with van der Waals surface area (Å²) < 4.78 is 15.8. The molecule has 1 aromatic carbocycles. The average molecular weight is 285 g/mol. The van der Waals surface area contributed by atoms with Crippen molar-refractivity contribution in [1.29, 1.82) is 0 Å². The fourth-order valence-electron chi connectivity index (χ4n) is 1.29. The first-order chi connectivity index (χ1) is 7.70. The highest BCUT2D eigenvalue weighted by Crippen LogP contribution is 2.37. The molecule has 0 amide bonds. The Labute approximate surface area is 101 Å². The van der Waals surface area contributed by atoms with Gasteiger partial charge < -0.3 is 14.2 Å². The second kappa shape index (κ2) is 4.57. The summed E-state index contributed by atoms with van der Waals surface area (Å²) in [6, 6.07) is 3.60. The third-order valence-electron chi connectivity index (χ3n) is 2.09. The second-order valence-corrected chi connectivity index (χ2v) is 3.94. The number of rotatable bonds is 2. The van der Waals surface area contributed by atoms with Crippen molar-refractivity contribution in [1.82, 2.24) is 0 Å². The molecule has 0 fully saturated rings. The van der Waals surface area contributed by atoms with Gasteiger partial charge in [-0.25, -0.2) is 4.79 Å². The lowest BCUT2D eigenvalue weighted by molar-refractivity contribution is -0.134. The highest BCUT2D eigenvalue weighted by atomic mass is 79.9. The van der Waals surface area contributed by atoms with Crippen LogP contribution in [0.5, 0.6) is 11.5 Å². The van der Waals surface area contributed by atoms with Crippen LogP contribution in [0.4, 0.5) is 0 Å². The summed E-state index contributed by atoms with van der Waals surface area (Å²) in [7, 11) is 1.33. The maximum Gasteiger partial charge on any atom is 0.330 e. The van der Waals surface area contributed by atoms with Gasteiger partial charge in [0.05, 0.1) is 7.11 Å². The van der Waals surface area contributed by atoms with Gasteiger partial charge in [0, 0.05) is 10.5 Å². The summed E-state index contributed by atoms with van der Waals surface area (Å²) in [5, 5.41) is 0. The molecule has 1 heterocycles. The Morgan fingerprint density at radius 3 is 2.81 bits per heavy atom. The predicted molar refractivity (Wildman–Crippen MR) is 61.3 cm³/mol. The van der Waals surface area contributed by atoms with Crippen LogP contribution >= 0.6 is 15.9 Å². The third kappa shape index (κ3) is 2.19. The van der Waals surface area contributed by atoms with Gasteiger partial charge in [0.25, 0.3) is 0 Å². The van der Waals surface area contributed by atoms with Crippen molar-refractivity contribution >= 4 is 28.0 Å². The molecule has 5 heteroatoms. The van der Waals surface area contributed by atoms with Crippen LogP contribution in [0.15, 0.2) is 22.7 Å². The first-order valence-corrected chi connectivity index (χ1v) is 5.35. The van der Waals surface area contributed by atoms with Gasteiger partial charge in [0.2, 0.25) is 6.79 Å². The Morgan fingerprint density at radius 2 is 2.12 bits per heavy atom. The van der Waals surface area contributed by atoms with E-state index in [1.54, 1.807) is 18.2 Å². The van der Waals surface area contributed by atoms with E-state index in [-0.39, 0.29) is 6.79 Å². The molecule has 0 N–H and O–H groups in total. The molecular formula is C11H9BrO4.